The third-order valence-corrected chi connectivity index (χ3v) is 3.91. The van der Waals surface area contributed by atoms with E-state index in [1.54, 1.807) is 0 Å². The third-order valence-electron chi connectivity index (χ3n) is 3.04. The maximum atomic E-state index is 11.6. The Labute approximate surface area is 97.8 Å². The minimum atomic E-state index is -0.0579. The van der Waals surface area contributed by atoms with Gasteiger partial charge in [0.1, 0.15) is 0 Å². The molecule has 1 amide bonds. The second-order valence-electron chi connectivity index (χ2n) is 4.00. The highest BCUT2D eigenvalue weighted by atomic mass is 32.1. The molecule has 1 aromatic heterocycles. The predicted octanol–water partition coefficient (Wildman–Crippen LogP) is 2.22. The summed E-state index contributed by atoms with van der Waals surface area (Å²) in [7, 11) is 0. The maximum Gasteiger partial charge on any atom is 0.279 e. The van der Waals surface area contributed by atoms with Crippen LogP contribution in [0.1, 0.15) is 22.5 Å². The van der Waals surface area contributed by atoms with Crippen LogP contribution in [0.3, 0.4) is 0 Å². The average molecular weight is 232 g/mol. The Morgan fingerprint density at radius 3 is 3.19 bits per heavy atom. The first-order valence-corrected chi connectivity index (χ1v) is 6.21. The summed E-state index contributed by atoms with van der Waals surface area (Å²) in [6.45, 7) is 0. The number of carbonyl (C=O) groups excluding carboxylic acids is 1. The Bertz CT molecular complexity index is 473. The second kappa shape index (κ2) is 3.79. The van der Waals surface area contributed by atoms with Crippen LogP contribution in [0.25, 0.3) is 0 Å². The molecule has 2 aliphatic rings. The van der Waals surface area contributed by atoms with Crippen LogP contribution >= 0.6 is 11.3 Å². The van der Waals surface area contributed by atoms with Gasteiger partial charge in [0.05, 0.1) is 4.88 Å². The molecule has 0 spiro atoms. The normalized spacial score (nSPS) is 21.6. The topological polar surface area (TPSA) is 41.1 Å². The summed E-state index contributed by atoms with van der Waals surface area (Å²) in [5.74, 6) is 0.568. The van der Waals surface area contributed by atoms with Crippen molar-refractivity contribution in [1.82, 2.24) is 10.9 Å². The highest BCUT2D eigenvalue weighted by Crippen LogP contribution is 2.40. The van der Waals surface area contributed by atoms with E-state index >= 15 is 0 Å². The lowest BCUT2D eigenvalue weighted by molar-refractivity contribution is 0.0941. The second-order valence-corrected chi connectivity index (χ2v) is 4.95. The van der Waals surface area contributed by atoms with Crippen molar-refractivity contribution in [2.24, 2.45) is 5.92 Å². The van der Waals surface area contributed by atoms with Gasteiger partial charge >= 0.3 is 0 Å². The lowest BCUT2D eigenvalue weighted by Gasteiger charge is -2.28. The summed E-state index contributed by atoms with van der Waals surface area (Å²) in [5.41, 5.74) is 8.36. The predicted molar refractivity (Wildman–Crippen MR) is 63.8 cm³/mol. The van der Waals surface area contributed by atoms with E-state index in [0.29, 0.717) is 5.92 Å². The lowest BCUT2D eigenvalue weighted by Crippen LogP contribution is -2.40. The van der Waals surface area contributed by atoms with Gasteiger partial charge in [0.2, 0.25) is 0 Å². The molecular formula is C12H12N2OS. The Morgan fingerprint density at radius 1 is 1.50 bits per heavy atom. The quantitative estimate of drug-likeness (QED) is 0.619. The number of fused-ring (bicyclic) bond motifs is 1. The zero-order chi connectivity index (χ0) is 11.0. The Balaban J connectivity index is 1.59. The van der Waals surface area contributed by atoms with E-state index in [1.165, 1.54) is 22.6 Å². The number of rotatable bonds is 3. The summed E-state index contributed by atoms with van der Waals surface area (Å²) in [4.78, 5) is 12.4. The zero-order valence-electron chi connectivity index (χ0n) is 8.69. The number of carbonyl (C=O) groups is 1. The van der Waals surface area contributed by atoms with E-state index < -0.39 is 0 Å². The van der Waals surface area contributed by atoms with E-state index in [1.807, 2.05) is 17.5 Å². The van der Waals surface area contributed by atoms with Crippen LogP contribution in [0.2, 0.25) is 0 Å². The highest BCUT2D eigenvalue weighted by molar-refractivity contribution is 7.12. The highest BCUT2D eigenvalue weighted by Gasteiger charge is 2.29. The van der Waals surface area contributed by atoms with Crippen molar-refractivity contribution in [2.75, 3.05) is 0 Å². The number of hydrogen-bond acceptors (Lipinski definition) is 3. The van der Waals surface area contributed by atoms with Crippen molar-refractivity contribution in [3.63, 3.8) is 0 Å². The number of thiophene rings is 1. The molecule has 2 aliphatic carbocycles. The largest absolute Gasteiger partial charge is 0.302 e. The van der Waals surface area contributed by atoms with Crippen molar-refractivity contribution >= 4 is 17.2 Å². The minimum Gasteiger partial charge on any atom is -0.302 e. The van der Waals surface area contributed by atoms with Crippen molar-refractivity contribution < 1.29 is 4.79 Å². The molecule has 0 radical (unpaired) electrons. The molecule has 1 aromatic rings. The smallest absolute Gasteiger partial charge is 0.279 e. The number of amides is 1. The van der Waals surface area contributed by atoms with Crippen LogP contribution in [0.15, 0.2) is 40.9 Å². The van der Waals surface area contributed by atoms with Crippen molar-refractivity contribution in [3.8, 4) is 0 Å². The first-order chi connectivity index (χ1) is 7.84. The summed E-state index contributed by atoms with van der Waals surface area (Å²) in [6.07, 6.45) is 6.48. The van der Waals surface area contributed by atoms with E-state index in [4.69, 9.17) is 0 Å². The molecule has 82 valence electrons. The molecule has 16 heavy (non-hydrogen) atoms. The lowest BCUT2D eigenvalue weighted by atomic mass is 9.84. The first kappa shape index (κ1) is 9.66. The Hall–Kier alpha value is -1.55. The van der Waals surface area contributed by atoms with Crippen molar-refractivity contribution in [3.05, 3.63) is 45.8 Å². The molecule has 1 heterocycles. The van der Waals surface area contributed by atoms with Gasteiger partial charge in [-0.15, -0.1) is 11.3 Å². The summed E-state index contributed by atoms with van der Waals surface area (Å²) < 4.78 is 0. The molecule has 3 nitrogen and oxygen atoms in total. The molecular weight excluding hydrogens is 220 g/mol. The van der Waals surface area contributed by atoms with Crippen LogP contribution in [0.4, 0.5) is 0 Å². The average Bonchev–Trinajstić information content (AvgIpc) is 2.88. The zero-order valence-corrected chi connectivity index (χ0v) is 9.51. The standard InChI is InChI=1S/C12H12N2OS/c15-12(11-5-2-6-16-11)14-13-10-7-8-3-1-4-9(8)10/h1-3,5-6,8,13H,4,7H2,(H,14,15). The van der Waals surface area contributed by atoms with E-state index in [0.717, 1.165) is 17.7 Å². The fourth-order valence-electron chi connectivity index (χ4n) is 2.12. The molecule has 0 bridgehead atoms. The molecule has 4 heteroatoms. The van der Waals surface area contributed by atoms with Gasteiger partial charge in [-0.2, -0.15) is 0 Å². The molecule has 0 fully saturated rings. The van der Waals surface area contributed by atoms with Crippen LogP contribution in [0.5, 0.6) is 0 Å². The van der Waals surface area contributed by atoms with Crippen molar-refractivity contribution in [2.45, 2.75) is 12.8 Å². The molecule has 1 atom stereocenters. The number of nitrogens with one attached hydrogen (secondary N) is 2. The van der Waals surface area contributed by atoms with E-state index in [2.05, 4.69) is 23.0 Å². The van der Waals surface area contributed by atoms with Gasteiger partial charge in [-0.25, -0.2) is 0 Å². The van der Waals surface area contributed by atoms with Crippen LogP contribution < -0.4 is 10.9 Å². The fraction of sp³-hybridized carbons (Fsp3) is 0.250. The molecule has 2 N–H and O–H groups in total. The Kier molecular flexibility index (Phi) is 2.29. The van der Waals surface area contributed by atoms with E-state index in [9.17, 15) is 4.79 Å². The summed E-state index contributed by atoms with van der Waals surface area (Å²) >= 11 is 1.45. The fourth-order valence-corrected chi connectivity index (χ4v) is 2.74. The molecule has 1 unspecified atom stereocenters. The van der Waals surface area contributed by atoms with Gasteiger partial charge in [-0.1, -0.05) is 18.2 Å². The minimum absolute atomic E-state index is 0.0579. The van der Waals surface area contributed by atoms with Gasteiger partial charge in [-0.3, -0.25) is 10.2 Å². The van der Waals surface area contributed by atoms with Crippen LogP contribution in [-0.2, 0) is 0 Å². The van der Waals surface area contributed by atoms with Crippen molar-refractivity contribution in [1.29, 1.82) is 0 Å². The monoisotopic (exact) mass is 232 g/mol. The number of allylic oxidation sites excluding steroid dienone is 4. The molecule has 0 aliphatic heterocycles. The molecule has 0 saturated carbocycles. The van der Waals surface area contributed by atoms with Gasteiger partial charge in [0.15, 0.2) is 0 Å². The number of hydrogen-bond donors (Lipinski definition) is 2. The van der Waals surface area contributed by atoms with Gasteiger partial charge < -0.3 is 5.43 Å². The summed E-state index contributed by atoms with van der Waals surface area (Å²) in [6, 6.07) is 3.70. The SMILES string of the molecule is O=C(NNC1=C2CC=CC2C1)c1cccs1. The van der Waals surface area contributed by atoms with Crippen LogP contribution in [-0.4, -0.2) is 5.91 Å². The maximum absolute atomic E-state index is 11.6. The molecule has 0 aromatic carbocycles. The molecule has 3 rings (SSSR count). The number of hydrazine groups is 1. The van der Waals surface area contributed by atoms with Gasteiger partial charge in [0, 0.05) is 11.6 Å². The van der Waals surface area contributed by atoms with Gasteiger partial charge in [0.25, 0.3) is 5.91 Å². The van der Waals surface area contributed by atoms with Gasteiger partial charge in [-0.05, 0) is 29.9 Å². The molecule has 0 saturated heterocycles. The third kappa shape index (κ3) is 1.55. The first-order valence-electron chi connectivity index (χ1n) is 5.33. The summed E-state index contributed by atoms with van der Waals surface area (Å²) in [5, 5.41) is 1.90. The van der Waals surface area contributed by atoms with E-state index in [-0.39, 0.29) is 5.91 Å². The Morgan fingerprint density at radius 2 is 2.44 bits per heavy atom. The van der Waals surface area contributed by atoms with Crippen LogP contribution in [0, 0.1) is 5.92 Å².